The molecule has 0 aromatic heterocycles. The standard InChI is InChI=1S/C26H21N3O4/c1-33-19-11-8-16-13-23(26(31)32)22(14-17(16)12-19)20-4-2-3-5-21(20)25(30)29-18-9-6-15(7-10-18)24(27)28/h2-14H,1H3,(H3,27,28)(H,29,30)(H,31,32). The van der Waals surface area contributed by atoms with Crippen molar-refractivity contribution >= 4 is 34.2 Å². The Morgan fingerprint density at radius 2 is 1.61 bits per heavy atom. The van der Waals surface area contributed by atoms with Gasteiger partial charge in [0, 0.05) is 16.8 Å². The highest BCUT2D eigenvalue weighted by Crippen LogP contribution is 2.33. The van der Waals surface area contributed by atoms with Gasteiger partial charge in [-0.25, -0.2) is 4.79 Å². The molecule has 0 aliphatic heterocycles. The minimum absolute atomic E-state index is 0.0626. The Hall–Kier alpha value is -4.65. The maximum atomic E-state index is 13.1. The first-order valence-electron chi connectivity index (χ1n) is 10.1. The SMILES string of the molecule is COc1ccc2cc(C(=O)O)c(-c3ccccc3C(=O)Nc3ccc(C(=N)N)cc3)cc2c1. The van der Waals surface area contributed by atoms with Crippen LogP contribution in [0.2, 0.25) is 0 Å². The van der Waals surface area contributed by atoms with E-state index in [0.29, 0.717) is 33.7 Å². The Morgan fingerprint density at radius 3 is 2.27 bits per heavy atom. The molecule has 4 aromatic rings. The average molecular weight is 439 g/mol. The van der Waals surface area contributed by atoms with E-state index in [1.54, 1.807) is 79.9 Å². The second kappa shape index (κ2) is 8.84. The summed E-state index contributed by atoms with van der Waals surface area (Å²) in [5, 5.41) is 21.7. The van der Waals surface area contributed by atoms with E-state index in [2.05, 4.69) is 5.32 Å². The van der Waals surface area contributed by atoms with E-state index in [0.717, 1.165) is 10.8 Å². The van der Waals surface area contributed by atoms with Crippen LogP contribution in [0.25, 0.3) is 21.9 Å². The minimum Gasteiger partial charge on any atom is -0.497 e. The summed E-state index contributed by atoms with van der Waals surface area (Å²) in [6.45, 7) is 0. The number of nitrogens with one attached hydrogen (secondary N) is 2. The van der Waals surface area contributed by atoms with E-state index in [1.807, 2.05) is 6.07 Å². The van der Waals surface area contributed by atoms with E-state index in [-0.39, 0.29) is 17.3 Å². The van der Waals surface area contributed by atoms with Crippen molar-refractivity contribution in [2.45, 2.75) is 0 Å². The summed E-state index contributed by atoms with van der Waals surface area (Å²) in [7, 11) is 1.57. The van der Waals surface area contributed by atoms with Gasteiger partial charge in [-0.2, -0.15) is 0 Å². The normalized spacial score (nSPS) is 10.6. The number of benzene rings is 4. The lowest BCUT2D eigenvalue weighted by Gasteiger charge is -2.14. The molecule has 0 radical (unpaired) electrons. The van der Waals surface area contributed by atoms with Gasteiger partial charge in [-0.15, -0.1) is 0 Å². The number of aromatic carboxylic acids is 1. The Bertz CT molecular complexity index is 1390. The molecule has 0 fully saturated rings. The Labute approximate surface area is 189 Å². The number of hydrogen-bond donors (Lipinski definition) is 4. The highest BCUT2D eigenvalue weighted by atomic mass is 16.5. The monoisotopic (exact) mass is 439 g/mol. The number of fused-ring (bicyclic) bond motifs is 1. The number of rotatable bonds is 6. The molecule has 33 heavy (non-hydrogen) atoms. The molecule has 7 nitrogen and oxygen atoms in total. The van der Waals surface area contributed by atoms with Gasteiger partial charge in [0.25, 0.3) is 5.91 Å². The summed E-state index contributed by atoms with van der Waals surface area (Å²) in [5.74, 6) is -0.884. The van der Waals surface area contributed by atoms with Crippen LogP contribution in [0.5, 0.6) is 5.75 Å². The van der Waals surface area contributed by atoms with Gasteiger partial charge < -0.3 is 20.9 Å². The van der Waals surface area contributed by atoms with Gasteiger partial charge in [-0.3, -0.25) is 10.2 Å². The molecule has 0 unspecified atom stereocenters. The quantitative estimate of drug-likeness (QED) is 0.255. The summed E-state index contributed by atoms with van der Waals surface area (Å²) in [5.41, 5.74) is 7.91. The number of anilines is 1. The molecular weight excluding hydrogens is 418 g/mol. The summed E-state index contributed by atoms with van der Waals surface area (Å²) < 4.78 is 5.30. The zero-order chi connectivity index (χ0) is 23.5. The van der Waals surface area contributed by atoms with E-state index < -0.39 is 5.97 Å². The molecule has 164 valence electrons. The van der Waals surface area contributed by atoms with Crippen molar-refractivity contribution in [3.63, 3.8) is 0 Å². The number of nitrogen functional groups attached to an aromatic ring is 1. The number of nitrogens with two attached hydrogens (primary N) is 1. The molecule has 0 heterocycles. The van der Waals surface area contributed by atoms with E-state index in [4.69, 9.17) is 15.9 Å². The lowest BCUT2D eigenvalue weighted by Crippen LogP contribution is -2.14. The molecule has 1 amide bonds. The van der Waals surface area contributed by atoms with Crippen molar-refractivity contribution in [1.29, 1.82) is 5.41 Å². The van der Waals surface area contributed by atoms with E-state index in [9.17, 15) is 14.7 Å². The van der Waals surface area contributed by atoms with Crippen LogP contribution in [-0.2, 0) is 0 Å². The number of carbonyl (C=O) groups is 2. The lowest BCUT2D eigenvalue weighted by atomic mass is 9.92. The predicted octanol–water partition coefficient (Wildman–Crippen LogP) is 4.75. The third-order valence-electron chi connectivity index (χ3n) is 5.33. The molecule has 4 rings (SSSR count). The molecular formula is C26H21N3O4. The van der Waals surface area contributed by atoms with Gasteiger partial charge in [0.05, 0.1) is 12.7 Å². The molecule has 7 heteroatoms. The fourth-order valence-corrected chi connectivity index (χ4v) is 3.65. The fraction of sp³-hybridized carbons (Fsp3) is 0.0385. The minimum atomic E-state index is -1.09. The van der Waals surface area contributed by atoms with Crippen LogP contribution in [-0.4, -0.2) is 29.9 Å². The van der Waals surface area contributed by atoms with Crippen LogP contribution >= 0.6 is 0 Å². The third-order valence-corrected chi connectivity index (χ3v) is 5.33. The summed E-state index contributed by atoms with van der Waals surface area (Å²) in [6, 6.07) is 22.2. The molecule has 0 bridgehead atoms. The first kappa shape index (κ1) is 21.6. The number of ether oxygens (including phenoxy) is 1. The number of methoxy groups -OCH3 is 1. The van der Waals surface area contributed by atoms with Crippen molar-refractivity contribution in [3.8, 4) is 16.9 Å². The van der Waals surface area contributed by atoms with Crippen LogP contribution in [0.15, 0.2) is 78.9 Å². The summed E-state index contributed by atoms with van der Waals surface area (Å²) in [6.07, 6.45) is 0. The Kier molecular flexibility index (Phi) is 5.78. The smallest absolute Gasteiger partial charge is 0.336 e. The summed E-state index contributed by atoms with van der Waals surface area (Å²) in [4.78, 5) is 25.2. The van der Waals surface area contributed by atoms with E-state index in [1.165, 1.54) is 0 Å². The molecule has 5 N–H and O–H groups in total. The van der Waals surface area contributed by atoms with Gasteiger partial charge in [0.1, 0.15) is 11.6 Å². The first-order valence-corrected chi connectivity index (χ1v) is 10.1. The lowest BCUT2D eigenvalue weighted by molar-refractivity contribution is 0.0697. The first-order chi connectivity index (χ1) is 15.9. The van der Waals surface area contributed by atoms with Gasteiger partial charge in [-0.05, 0) is 76.5 Å². The molecule has 0 atom stereocenters. The van der Waals surface area contributed by atoms with Gasteiger partial charge in [0.2, 0.25) is 0 Å². The van der Waals surface area contributed by atoms with Gasteiger partial charge in [0.15, 0.2) is 0 Å². The zero-order valence-electron chi connectivity index (χ0n) is 17.8. The summed E-state index contributed by atoms with van der Waals surface area (Å²) >= 11 is 0. The highest BCUT2D eigenvalue weighted by Gasteiger charge is 2.19. The van der Waals surface area contributed by atoms with Crippen molar-refractivity contribution in [2.24, 2.45) is 5.73 Å². The Morgan fingerprint density at radius 1 is 0.879 bits per heavy atom. The van der Waals surface area contributed by atoms with Crippen molar-refractivity contribution in [1.82, 2.24) is 0 Å². The zero-order valence-corrected chi connectivity index (χ0v) is 17.8. The van der Waals surface area contributed by atoms with Crippen molar-refractivity contribution in [3.05, 3.63) is 95.6 Å². The van der Waals surface area contributed by atoms with Gasteiger partial charge >= 0.3 is 5.97 Å². The van der Waals surface area contributed by atoms with E-state index >= 15 is 0 Å². The number of carboxylic acids is 1. The topological polar surface area (TPSA) is 125 Å². The Balaban J connectivity index is 1.79. The molecule has 0 saturated heterocycles. The van der Waals surface area contributed by atoms with Crippen LogP contribution in [0.1, 0.15) is 26.3 Å². The number of amidine groups is 1. The maximum Gasteiger partial charge on any atom is 0.336 e. The largest absolute Gasteiger partial charge is 0.497 e. The van der Waals surface area contributed by atoms with Crippen LogP contribution in [0.4, 0.5) is 5.69 Å². The van der Waals surface area contributed by atoms with Crippen LogP contribution < -0.4 is 15.8 Å². The highest BCUT2D eigenvalue weighted by molar-refractivity contribution is 6.11. The molecule has 4 aromatic carbocycles. The van der Waals surface area contributed by atoms with Crippen LogP contribution in [0.3, 0.4) is 0 Å². The van der Waals surface area contributed by atoms with Crippen LogP contribution in [0, 0.1) is 5.41 Å². The third kappa shape index (κ3) is 4.38. The predicted molar refractivity (Wildman–Crippen MR) is 128 cm³/mol. The van der Waals surface area contributed by atoms with Crippen molar-refractivity contribution < 1.29 is 19.4 Å². The number of carboxylic acid groups (broad SMARTS) is 1. The molecule has 0 aliphatic rings. The maximum absolute atomic E-state index is 13.1. The second-order valence-electron chi connectivity index (χ2n) is 7.41. The molecule has 0 aliphatic carbocycles. The fourth-order valence-electron chi connectivity index (χ4n) is 3.65. The molecule has 0 saturated carbocycles. The van der Waals surface area contributed by atoms with Gasteiger partial charge in [-0.1, -0.05) is 24.3 Å². The second-order valence-corrected chi connectivity index (χ2v) is 7.41. The average Bonchev–Trinajstić information content (AvgIpc) is 2.83. The van der Waals surface area contributed by atoms with Crippen molar-refractivity contribution in [2.75, 3.05) is 12.4 Å². The number of carbonyl (C=O) groups excluding carboxylic acids is 1. The number of amides is 1. The number of hydrogen-bond acceptors (Lipinski definition) is 4. The molecule has 0 spiro atoms.